The number of thiophene rings is 1. The molecule has 0 fully saturated rings. The maximum Gasteiger partial charge on any atom is 0.158 e. The van der Waals surface area contributed by atoms with Gasteiger partial charge in [0.05, 0.1) is 9.92 Å². The summed E-state index contributed by atoms with van der Waals surface area (Å²) in [6.45, 7) is 2.14. The second kappa shape index (κ2) is 5.39. The van der Waals surface area contributed by atoms with Gasteiger partial charge in [0.1, 0.15) is 0 Å². The van der Waals surface area contributed by atoms with Gasteiger partial charge in [-0.2, -0.15) is 0 Å². The summed E-state index contributed by atoms with van der Waals surface area (Å²) in [7, 11) is 0. The number of oxime groups is 1. The Hall–Kier alpha value is -1.26. The highest BCUT2D eigenvalue weighted by Crippen LogP contribution is 2.36. The molecule has 0 amide bonds. The Morgan fingerprint density at radius 2 is 2.11 bits per heavy atom. The van der Waals surface area contributed by atoms with E-state index in [0.717, 1.165) is 12.1 Å². The van der Waals surface area contributed by atoms with Crippen LogP contribution >= 0.6 is 23.1 Å². The van der Waals surface area contributed by atoms with Gasteiger partial charge in [-0.25, -0.2) is 0 Å². The molecule has 0 radical (unpaired) electrons. The average molecular weight is 289 g/mol. The molecule has 0 saturated heterocycles. The zero-order chi connectivity index (χ0) is 13.2. The van der Waals surface area contributed by atoms with E-state index >= 15 is 0 Å². The third-order valence-corrected chi connectivity index (χ3v) is 5.34. The number of thioether (sulfide) groups is 1. The Bertz CT molecular complexity index is 604. The monoisotopic (exact) mass is 289 g/mol. The molecule has 1 aliphatic rings. The summed E-state index contributed by atoms with van der Waals surface area (Å²) >= 11 is 3.61. The summed E-state index contributed by atoms with van der Waals surface area (Å²) < 4.78 is 1.33. The van der Waals surface area contributed by atoms with Crippen LogP contribution in [0.2, 0.25) is 0 Å². The molecule has 0 saturated carbocycles. The van der Waals surface area contributed by atoms with Gasteiger partial charge in [-0.05, 0) is 24.8 Å². The minimum Gasteiger partial charge on any atom is -0.387 e. The third-order valence-electron chi connectivity index (χ3n) is 3.16. The second-order valence-electron chi connectivity index (χ2n) is 4.51. The molecular weight excluding hydrogens is 274 g/mol. The predicted octanol–water partition coefficient (Wildman–Crippen LogP) is 4.64. The number of aryl methyl sites for hydroxylation is 1. The Morgan fingerprint density at radius 3 is 2.84 bits per heavy atom. The first kappa shape index (κ1) is 12.8. The summed E-state index contributed by atoms with van der Waals surface area (Å²) in [4.78, 5) is 6.92. The second-order valence-corrected chi connectivity index (χ2v) is 6.84. The lowest BCUT2D eigenvalue weighted by Crippen LogP contribution is -2.01. The molecule has 4 heteroatoms. The molecule has 0 N–H and O–H groups in total. The molecule has 0 bridgehead atoms. The molecular formula is C15H15NOS2. The van der Waals surface area contributed by atoms with E-state index in [1.54, 1.807) is 11.8 Å². The van der Waals surface area contributed by atoms with E-state index in [4.69, 9.17) is 4.84 Å². The van der Waals surface area contributed by atoms with Gasteiger partial charge >= 0.3 is 0 Å². The average Bonchev–Trinajstić information content (AvgIpc) is 3.05. The van der Waals surface area contributed by atoms with Crippen LogP contribution < -0.4 is 0 Å². The van der Waals surface area contributed by atoms with E-state index in [1.807, 2.05) is 29.5 Å². The van der Waals surface area contributed by atoms with E-state index in [1.165, 1.54) is 20.2 Å². The van der Waals surface area contributed by atoms with Crippen molar-refractivity contribution in [2.45, 2.75) is 23.7 Å². The molecule has 3 rings (SSSR count). The molecule has 2 heterocycles. The molecule has 1 aliphatic heterocycles. The van der Waals surface area contributed by atoms with Gasteiger partial charge in [0.25, 0.3) is 0 Å². The quantitative estimate of drug-likeness (QED) is 0.767. The summed E-state index contributed by atoms with van der Waals surface area (Å²) in [5.74, 6) is 0. The van der Waals surface area contributed by atoms with Crippen LogP contribution in [0.5, 0.6) is 0 Å². The molecule has 1 aromatic heterocycles. The van der Waals surface area contributed by atoms with Crippen molar-refractivity contribution >= 4 is 28.8 Å². The van der Waals surface area contributed by atoms with Crippen molar-refractivity contribution in [2.75, 3.05) is 6.26 Å². The number of rotatable bonds is 3. The van der Waals surface area contributed by atoms with Crippen LogP contribution in [0.4, 0.5) is 0 Å². The fourth-order valence-corrected chi connectivity index (χ4v) is 4.11. The third kappa shape index (κ3) is 2.55. The van der Waals surface area contributed by atoms with E-state index in [2.05, 4.69) is 36.5 Å². The highest BCUT2D eigenvalue weighted by molar-refractivity contribution is 8.00. The van der Waals surface area contributed by atoms with E-state index in [9.17, 15) is 0 Å². The fourth-order valence-electron chi connectivity index (χ4n) is 2.23. The summed E-state index contributed by atoms with van der Waals surface area (Å²) in [5, 5.41) is 4.30. The Morgan fingerprint density at radius 1 is 1.32 bits per heavy atom. The molecule has 0 spiro atoms. The van der Waals surface area contributed by atoms with E-state index in [0.29, 0.717) is 0 Å². The van der Waals surface area contributed by atoms with Crippen LogP contribution in [0.1, 0.15) is 28.5 Å². The maximum absolute atomic E-state index is 5.60. The summed E-state index contributed by atoms with van der Waals surface area (Å²) in [6.07, 6.45) is 3.03. The molecule has 0 aliphatic carbocycles. The van der Waals surface area contributed by atoms with Crippen molar-refractivity contribution < 1.29 is 4.84 Å². The first-order valence-corrected chi connectivity index (χ1v) is 8.24. The zero-order valence-corrected chi connectivity index (χ0v) is 12.6. The topological polar surface area (TPSA) is 21.6 Å². The van der Waals surface area contributed by atoms with Gasteiger partial charge in [-0.1, -0.05) is 35.5 Å². The van der Waals surface area contributed by atoms with Gasteiger partial charge in [-0.15, -0.1) is 23.1 Å². The molecule has 0 unspecified atom stereocenters. The normalized spacial score (nSPS) is 18.2. The Balaban J connectivity index is 1.82. The van der Waals surface area contributed by atoms with Gasteiger partial charge in [0.2, 0.25) is 0 Å². The lowest BCUT2D eigenvalue weighted by atomic mass is 10.0. The lowest BCUT2D eigenvalue weighted by molar-refractivity contribution is 0.0857. The summed E-state index contributed by atoms with van der Waals surface area (Å²) in [5.41, 5.74) is 3.51. The lowest BCUT2D eigenvalue weighted by Gasteiger charge is -2.07. The minimum atomic E-state index is 0.0612. The number of nitrogens with zero attached hydrogens (tertiary/aromatic N) is 1. The number of hydrogen-bond acceptors (Lipinski definition) is 4. The van der Waals surface area contributed by atoms with Crippen molar-refractivity contribution in [3.8, 4) is 0 Å². The van der Waals surface area contributed by atoms with Crippen LogP contribution in [-0.4, -0.2) is 12.0 Å². The Labute approximate surface area is 121 Å². The zero-order valence-electron chi connectivity index (χ0n) is 10.9. The van der Waals surface area contributed by atoms with Crippen molar-refractivity contribution in [1.29, 1.82) is 0 Å². The molecule has 2 nitrogen and oxygen atoms in total. The largest absolute Gasteiger partial charge is 0.387 e. The predicted molar refractivity (Wildman–Crippen MR) is 82.3 cm³/mol. The molecule has 98 valence electrons. The highest BCUT2D eigenvalue weighted by atomic mass is 32.2. The molecule has 1 aromatic carbocycles. The molecule has 1 atom stereocenters. The Kier molecular flexibility index (Phi) is 3.62. The number of hydrogen-bond donors (Lipinski definition) is 0. The van der Waals surface area contributed by atoms with Gasteiger partial charge in [0, 0.05) is 16.9 Å². The van der Waals surface area contributed by atoms with Crippen molar-refractivity contribution in [3.63, 3.8) is 0 Å². The first-order chi connectivity index (χ1) is 9.28. The van der Waals surface area contributed by atoms with Crippen LogP contribution in [0.3, 0.4) is 0 Å². The maximum atomic E-state index is 5.60. The minimum absolute atomic E-state index is 0.0612. The summed E-state index contributed by atoms with van der Waals surface area (Å²) in [6, 6.07) is 12.5. The molecule has 2 aromatic rings. The number of benzene rings is 1. The van der Waals surface area contributed by atoms with Gasteiger partial charge < -0.3 is 4.84 Å². The highest BCUT2D eigenvalue weighted by Gasteiger charge is 2.25. The van der Waals surface area contributed by atoms with E-state index in [-0.39, 0.29) is 6.10 Å². The van der Waals surface area contributed by atoms with Crippen LogP contribution in [-0.2, 0) is 4.84 Å². The smallest absolute Gasteiger partial charge is 0.158 e. The van der Waals surface area contributed by atoms with E-state index < -0.39 is 0 Å². The first-order valence-electron chi connectivity index (χ1n) is 6.20. The van der Waals surface area contributed by atoms with Gasteiger partial charge in [0.15, 0.2) is 6.10 Å². The SMILES string of the molecule is CSc1sc(C)cc1C1=NO[C@H](c2ccccc2)C1. The van der Waals surface area contributed by atoms with Crippen molar-refractivity contribution in [2.24, 2.45) is 5.16 Å². The van der Waals surface area contributed by atoms with Crippen LogP contribution in [0.15, 0.2) is 45.8 Å². The van der Waals surface area contributed by atoms with Crippen LogP contribution in [0, 0.1) is 6.92 Å². The van der Waals surface area contributed by atoms with Crippen molar-refractivity contribution in [3.05, 3.63) is 52.4 Å². The standard InChI is InChI=1S/C15H15NOS2/c1-10-8-12(15(18-2)19-10)13-9-14(17-16-13)11-6-4-3-5-7-11/h3-8,14H,9H2,1-2H3/t14-/m0/s1. The van der Waals surface area contributed by atoms with Crippen molar-refractivity contribution in [1.82, 2.24) is 0 Å². The van der Waals surface area contributed by atoms with Gasteiger partial charge in [-0.3, -0.25) is 0 Å². The molecule has 19 heavy (non-hydrogen) atoms. The fraction of sp³-hybridized carbons (Fsp3) is 0.267. The van der Waals surface area contributed by atoms with Crippen LogP contribution in [0.25, 0.3) is 0 Å².